The third kappa shape index (κ3) is 6.54. The SMILES string of the molecule is CSc1[nH]c(-c2ccc(F)cc2)cc1C#N.N#CC(C#N)CC(=O)c1ccc(F)cc1. The molecule has 0 saturated carbocycles. The van der Waals surface area contributed by atoms with Crippen LogP contribution in [-0.4, -0.2) is 17.0 Å². The highest BCUT2D eigenvalue weighted by atomic mass is 32.2. The van der Waals surface area contributed by atoms with Crippen LogP contribution in [-0.2, 0) is 0 Å². The van der Waals surface area contributed by atoms with Gasteiger partial charge in [0.25, 0.3) is 0 Å². The van der Waals surface area contributed by atoms with Gasteiger partial charge in [-0.25, -0.2) is 8.78 Å². The number of aromatic amines is 1. The Morgan fingerprint density at radius 1 is 1.00 bits per heavy atom. The Morgan fingerprint density at radius 2 is 1.55 bits per heavy atom. The van der Waals surface area contributed by atoms with Crippen LogP contribution in [0.4, 0.5) is 8.78 Å². The van der Waals surface area contributed by atoms with E-state index in [9.17, 15) is 13.6 Å². The van der Waals surface area contributed by atoms with Crippen LogP contribution in [0.5, 0.6) is 0 Å². The van der Waals surface area contributed by atoms with E-state index >= 15 is 0 Å². The first-order valence-corrected chi connectivity index (χ1v) is 10.1. The average Bonchev–Trinajstić information content (AvgIpc) is 3.22. The molecule has 0 atom stereocenters. The fourth-order valence-corrected chi connectivity index (χ4v) is 3.06. The zero-order chi connectivity index (χ0) is 22.8. The number of nitriles is 3. The fourth-order valence-electron chi connectivity index (χ4n) is 2.52. The lowest BCUT2D eigenvalue weighted by molar-refractivity contribution is 0.0976. The summed E-state index contributed by atoms with van der Waals surface area (Å²) in [6.45, 7) is 0. The first-order chi connectivity index (χ1) is 14.9. The van der Waals surface area contributed by atoms with Crippen LogP contribution in [0.25, 0.3) is 11.3 Å². The van der Waals surface area contributed by atoms with Gasteiger partial charge in [-0.2, -0.15) is 15.8 Å². The number of benzene rings is 2. The molecule has 31 heavy (non-hydrogen) atoms. The van der Waals surface area contributed by atoms with Crippen LogP contribution >= 0.6 is 11.8 Å². The molecule has 0 aliphatic heterocycles. The predicted octanol–water partition coefficient (Wildman–Crippen LogP) is 5.48. The van der Waals surface area contributed by atoms with Gasteiger partial charge in [0.05, 0.1) is 22.7 Å². The number of carbonyl (C=O) groups excluding carboxylic acids is 1. The summed E-state index contributed by atoms with van der Waals surface area (Å²) in [6, 6.07) is 18.5. The van der Waals surface area contributed by atoms with Crippen molar-refractivity contribution in [1.82, 2.24) is 4.98 Å². The van der Waals surface area contributed by atoms with Crippen LogP contribution in [0.15, 0.2) is 59.6 Å². The second-order valence-corrected chi connectivity index (χ2v) is 7.01. The van der Waals surface area contributed by atoms with Crippen molar-refractivity contribution < 1.29 is 13.6 Å². The van der Waals surface area contributed by atoms with Crippen LogP contribution in [0.3, 0.4) is 0 Å². The molecule has 0 unspecified atom stereocenters. The Labute approximate surface area is 182 Å². The molecule has 0 bridgehead atoms. The van der Waals surface area contributed by atoms with Gasteiger partial charge >= 0.3 is 0 Å². The number of halogens is 2. The minimum atomic E-state index is -0.942. The first kappa shape index (κ1) is 23.3. The summed E-state index contributed by atoms with van der Waals surface area (Å²) in [4.78, 5) is 14.6. The second kappa shape index (κ2) is 11.3. The van der Waals surface area contributed by atoms with Crippen molar-refractivity contribution in [3.8, 4) is 29.5 Å². The van der Waals surface area contributed by atoms with Crippen molar-refractivity contribution >= 4 is 17.5 Å². The van der Waals surface area contributed by atoms with E-state index in [2.05, 4.69) is 11.1 Å². The zero-order valence-corrected chi connectivity index (χ0v) is 17.2. The maximum absolute atomic E-state index is 12.8. The number of ketones is 1. The molecule has 1 aromatic heterocycles. The molecule has 0 aliphatic rings. The normalized spacial score (nSPS) is 9.71. The van der Waals surface area contributed by atoms with Gasteiger partial charge in [-0.05, 0) is 66.4 Å². The van der Waals surface area contributed by atoms with Crippen LogP contribution in [0, 0.1) is 51.5 Å². The number of thioether (sulfide) groups is 1. The number of carbonyl (C=O) groups is 1. The van der Waals surface area contributed by atoms with Gasteiger partial charge in [-0.3, -0.25) is 4.79 Å². The average molecular weight is 434 g/mol. The van der Waals surface area contributed by atoms with E-state index in [4.69, 9.17) is 15.8 Å². The minimum Gasteiger partial charge on any atom is -0.349 e. The summed E-state index contributed by atoms with van der Waals surface area (Å²) in [7, 11) is 0. The van der Waals surface area contributed by atoms with Crippen molar-refractivity contribution in [2.24, 2.45) is 5.92 Å². The number of nitrogens with zero attached hydrogens (tertiary/aromatic N) is 3. The zero-order valence-electron chi connectivity index (χ0n) is 16.4. The highest BCUT2D eigenvalue weighted by Gasteiger charge is 2.13. The molecule has 3 aromatic rings. The Hall–Kier alpha value is -3.93. The highest BCUT2D eigenvalue weighted by molar-refractivity contribution is 7.98. The Kier molecular flexibility index (Phi) is 8.52. The molecule has 5 nitrogen and oxygen atoms in total. The van der Waals surface area contributed by atoms with Gasteiger partial charge in [0, 0.05) is 17.7 Å². The van der Waals surface area contributed by atoms with Crippen molar-refractivity contribution in [1.29, 1.82) is 15.8 Å². The molecular formula is C23H16F2N4OS. The van der Waals surface area contributed by atoms with Crippen molar-refractivity contribution in [2.75, 3.05) is 6.26 Å². The van der Waals surface area contributed by atoms with Crippen LogP contribution < -0.4 is 0 Å². The van der Waals surface area contributed by atoms with E-state index in [0.717, 1.165) is 16.3 Å². The van der Waals surface area contributed by atoms with Gasteiger partial charge in [0.2, 0.25) is 0 Å². The number of hydrogen-bond acceptors (Lipinski definition) is 5. The minimum absolute atomic E-state index is 0.154. The Morgan fingerprint density at radius 3 is 2.00 bits per heavy atom. The van der Waals surface area contributed by atoms with E-state index in [-0.39, 0.29) is 18.0 Å². The molecule has 0 spiro atoms. The number of nitrogens with one attached hydrogen (secondary N) is 1. The molecule has 0 saturated heterocycles. The molecular weight excluding hydrogens is 418 g/mol. The largest absolute Gasteiger partial charge is 0.349 e. The lowest BCUT2D eigenvalue weighted by Gasteiger charge is -2.00. The van der Waals surface area contributed by atoms with Gasteiger partial charge in [0.15, 0.2) is 5.78 Å². The monoisotopic (exact) mass is 434 g/mol. The van der Waals surface area contributed by atoms with Crippen LogP contribution in [0.2, 0.25) is 0 Å². The summed E-state index contributed by atoms with van der Waals surface area (Å²) in [5.74, 6) is -1.96. The van der Waals surface area contributed by atoms with Crippen LogP contribution in [0.1, 0.15) is 22.3 Å². The number of aromatic nitrogens is 1. The maximum atomic E-state index is 12.8. The fraction of sp³-hybridized carbons (Fsp3) is 0.130. The Bertz CT molecular complexity index is 1150. The molecule has 0 radical (unpaired) electrons. The lowest BCUT2D eigenvalue weighted by Crippen LogP contribution is -2.05. The van der Waals surface area contributed by atoms with E-state index in [1.54, 1.807) is 30.3 Å². The van der Waals surface area contributed by atoms with Crippen molar-refractivity contribution in [3.05, 3.63) is 77.4 Å². The summed E-state index contributed by atoms with van der Waals surface area (Å²) < 4.78 is 25.3. The van der Waals surface area contributed by atoms with Crippen molar-refractivity contribution in [3.63, 3.8) is 0 Å². The third-order valence-corrected chi connectivity index (χ3v) is 4.86. The smallest absolute Gasteiger partial charge is 0.165 e. The van der Waals surface area contributed by atoms with Gasteiger partial charge in [0.1, 0.15) is 23.6 Å². The van der Waals surface area contributed by atoms with Gasteiger partial charge in [-0.1, -0.05) is 0 Å². The topological polar surface area (TPSA) is 104 Å². The lowest BCUT2D eigenvalue weighted by atomic mass is 10.0. The molecule has 154 valence electrons. The first-order valence-electron chi connectivity index (χ1n) is 8.92. The molecule has 1 N–H and O–H groups in total. The number of Topliss-reactive ketones (excluding diaryl/α,β-unsaturated/α-hetero) is 1. The molecule has 0 amide bonds. The predicted molar refractivity (Wildman–Crippen MR) is 113 cm³/mol. The van der Waals surface area contributed by atoms with E-state index in [0.29, 0.717) is 11.1 Å². The van der Waals surface area contributed by atoms with Gasteiger partial charge < -0.3 is 4.98 Å². The maximum Gasteiger partial charge on any atom is 0.165 e. The molecule has 8 heteroatoms. The molecule has 3 rings (SSSR count). The standard InChI is InChI=1S/C12H9FN2S.C11H7FN2O/c1-16-12-9(7-14)6-11(15-12)8-2-4-10(13)5-3-8;12-10-3-1-9(2-4-10)11(15)5-8(6-13)7-14/h2-6,15H,1H3;1-4,8H,5H2. The van der Waals surface area contributed by atoms with E-state index in [1.807, 2.05) is 6.26 Å². The highest BCUT2D eigenvalue weighted by Crippen LogP contribution is 2.26. The summed E-state index contributed by atoms with van der Waals surface area (Å²) >= 11 is 1.49. The third-order valence-electron chi connectivity index (χ3n) is 4.13. The molecule has 1 heterocycles. The number of rotatable bonds is 5. The second-order valence-electron chi connectivity index (χ2n) is 6.19. The summed E-state index contributed by atoms with van der Waals surface area (Å²) in [6.07, 6.45) is 1.75. The summed E-state index contributed by atoms with van der Waals surface area (Å²) in [5, 5.41) is 26.7. The Balaban J connectivity index is 0.000000221. The molecule has 2 aromatic carbocycles. The van der Waals surface area contributed by atoms with E-state index in [1.165, 1.54) is 48.2 Å². The molecule has 0 fully saturated rings. The van der Waals surface area contributed by atoms with E-state index < -0.39 is 11.7 Å². The quantitative estimate of drug-likeness (QED) is 0.423. The molecule has 0 aliphatic carbocycles. The summed E-state index contributed by atoms with van der Waals surface area (Å²) in [5.41, 5.74) is 2.64. The number of hydrogen-bond donors (Lipinski definition) is 1. The number of H-pyrrole nitrogens is 1. The van der Waals surface area contributed by atoms with Crippen molar-refractivity contribution in [2.45, 2.75) is 11.4 Å². The van der Waals surface area contributed by atoms with Gasteiger partial charge in [-0.15, -0.1) is 11.8 Å².